The van der Waals surface area contributed by atoms with E-state index in [0.29, 0.717) is 27.5 Å². The van der Waals surface area contributed by atoms with Crippen molar-refractivity contribution >= 4 is 32.8 Å². The van der Waals surface area contributed by atoms with Gasteiger partial charge in [0.15, 0.2) is 6.23 Å². The van der Waals surface area contributed by atoms with Crippen molar-refractivity contribution in [1.82, 2.24) is 9.78 Å². The molecule has 112 valence electrons. The fraction of sp³-hybridized carbons (Fsp3) is 0.429. The van der Waals surface area contributed by atoms with Gasteiger partial charge in [0.1, 0.15) is 0 Å². The highest BCUT2D eigenvalue weighted by Gasteiger charge is 2.23. The molecule has 1 fully saturated rings. The maximum absolute atomic E-state index is 14.1. The van der Waals surface area contributed by atoms with Crippen LogP contribution in [0.5, 0.6) is 0 Å². The predicted molar refractivity (Wildman–Crippen MR) is 77.6 cm³/mol. The van der Waals surface area contributed by atoms with Gasteiger partial charge < -0.3 is 9.47 Å². The van der Waals surface area contributed by atoms with Gasteiger partial charge in [0.05, 0.1) is 23.6 Å². The van der Waals surface area contributed by atoms with E-state index in [4.69, 9.17) is 9.47 Å². The average molecular weight is 357 g/mol. The molecule has 0 N–H and O–H groups in total. The van der Waals surface area contributed by atoms with E-state index in [1.165, 1.54) is 17.9 Å². The number of methoxy groups -OCH3 is 1. The van der Waals surface area contributed by atoms with Gasteiger partial charge in [-0.3, -0.25) is 0 Å². The van der Waals surface area contributed by atoms with Crippen molar-refractivity contribution in [3.8, 4) is 0 Å². The molecule has 0 radical (unpaired) electrons. The molecule has 1 atom stereocenters. The standard InChI is InChI=1S/C14H14BrFN2O3/c1-20-14(19)8-6-9(15)12-10(7-8)18(17-13(12)16)11-4-2-3-5-21-11/h6-7,11H,2-5H2,1H3. The number of aromatic nitrogens is 2. The minimum Gasteiger partial charge on any atom is -0.465 e. The molecule has 0 saturated carbocycles. The van der Waals surface area contributed by atoms with E-state index in [0.717, 1.165) is 19.3 Å². The number of rotatable bonds is 2. The lowest BCUT2D eigenvalue weighted by Gasteiger charge is -2.23. The van der Waals surface area contributed by atoms with Gasteiger partial charge in [0.2, 0.25) is 5.95 Å². The van der Waals surface area contributed by atoms with Crippen LogP contribution >= 0.6 is 15.9 Å². The van der Waals surface area contributed by atoms with E-state index < -0.39 is 11.9 Å². The van der Waals surface area contributed by atoms with Crippen LogP contribution in [0.3, 0.4) is 0 Å². The minimum absolute atomic E-state index is 0.300. The summed E-state index contributed by atoms with van der Waals surface area (Å²) in [5.74, 6) is -1.06. The number of fused-ring (bicyclic) bond motifs is 1. The lowest BCUT2D eigenvalue weighted by Crippen LogP contribution is -2.19. The van der Waals surface area contributed by atoms with Crippen molar-refractivity contribution in [2.75, 3.05) is 13.7 Å². The number of nitrogens with zero attached hydrogens (tertiary/aromatic N) is 2. The Balaban J connectivity index is 2.16. The Labute approximate surface area is 129 Å². The molecule has 1 aliphatic rings. The van der Waals surface area contributed by atoms with E-state index in [-0.39, 0.29) is 6.23 Å². The van der Waals surface area contributed by atoms with Crippen molar-refractivity contribution in [3.63, 3.8) is 0 Å². The Morgan fingerprint density at radius 1 is 1.52 bits per heavy atom. The molecule has 7 heteroatoms. The smallest absolute Gasteiger partial charge is 0.337 e. The van der Waals surface area contributed by atoms with Crippen LogP contribution in [0.15, 0.2) is 16.6 Å². The lowest BCUT2D eigenvalue weighted by atomic mass is 10.1. The van der Waals surface area contributed by atoms with E-state index in [2.05, 4.69) is 21.0 Å². The molecule has 0 aliphatic carbocycles. The van der Waals surface area contributed by atoms with Gasteiger partial charge in [-0.25, -0.2) is 9.48 Å². The summed E-state index contributed by atoms with van der Waals surface area (Å²) in [5, 5.41) is 4.29. The number of hydrogen-bond donors (Lipinski definition) is 0. The van der Waals surface area contributed by atoms with Crippen LogP contribution in [-0.2, 0) is 9.47 Å². The van der Waals surface area contributed by atoms with Crippen LogP contribution in [0.25, 0.3) is 10.9 Å². The Bertz CT molecular complexity index is 695. The molecule has 1 saturated heterocycles. The second-order valence-electron chi connectivity index (χ2n) is 4.90. The molecule has 3 rings (SSSR count). The number of ether oxygens (including phenoxy) is 2. The Kier molecular flexibility index (Phi) is 3.95. The fourth-order valence-corrected chi connectivity index (χ4v) is 3.16. The molecule has 1 aromatic carbocycles. The zero-order valence-electron chi connectivity index (χ0n) is 11.4. The van der Waals surface area contributed by atoms with Gasteiger partial charge in [-0.1, -0.05) is 0 Å². The topological polar surface area (TPSA) is 53.3 Å². The normalized spacial score (nSPS) is 18.9. The molecule has 0 bridgehead atoms. The van der Waals surface area contributed by atoms with Crippen LogP contribution in [0, 0.1) is 5.95 Å². The molecule has 2 aromatic rings. The largest absolute Gasteiger partial charge is 0.465 e. The minimum atomic E-state index is -0.581. The van der Waals surface area contributed by atoms with Gasteiger partial charge in [-0.05, 0) is 47.3 Å². The Morgan fingerprint density at radius 3 is 3.00 bits per heavy atom. The van der Waals surface area contributed by atoms with E-state index in [1.54, 1.807) is 6.07 Å². The predicted octanol–water partition coefficient (Wildman–Crippen LogP) is 3.42. The molecule has 1 unspecified atom stereocenters. The first-order valence-corrected chi connectivity index (χ1v) is 7.48. The third-order valence-electron chi connectivity index (χ3n) is 3.57. The van der Waals surface area contributed by atoms with Crippen molar-refractivity contribution in [3.05, 3.63) is 28.1 Å². The molecule has 21 heavy (non-hydrogen) atoms. The Morgan fingerprint density at radius 2 is 2.33 bits per heavy atom. The molecule has 1 aliphatic heterocycles. The molecule has 1 aromatic heterocycles. The summed E-state index contributed by atoms with van der Waals surface area (Å²) in [4.78, 5) is 11.7. The van der Waals surface area contributed by atoms with Gasteiger partial charge in [0.25, 0.3) is 0 Å². The van der Waals surface area contributed by atoms with Crippen molar-refractivity contribution in [2.45, 2.75) is 25.5 Å². The van der Waals surface area contributed by atoms with E-state index in [1.807, 2.05) is 0 Å². The van der Waals surface area contributed by atoms with Crippen LogP contribution < -0.4 is 0 Å². The maximum atomic E-state index is 14.1. The maximum Gasteiger partial charge on any atom is 0.337 e. The molecular weight excluding hydrogens is 343 g/mol. The summed E-state index contributed by atoms with van der Waals surface area (Å²) >= 11 is 3.29. The summed E-state index contributed by atoms with van der Waals surface area (Å²) in [6.45, 7) is 0.630. The quantitative estimate of drug-likeness (QED) is 0.773. The van der Waals surface area contributed by atoms with E-state index in [9.17, 15) is 9.18 Å². The number of halogens is 2. The highest BCUT2D eigenvalue weighted by atomic mass is 79.9. The zero-order valence-corrected chi connectivity index (χ0v) is 13.0. The SMILES string of the molecule is COC(=O)c1cc(Br)c2c(F)nn(C3CCCCO3)c2c1. The third-order valence-corrected chi connectivity index (χ3v) is 4.19. The van der Waals surface area contributed by atoms with Gasteiger partial charge in [0, 0.05) is 11.1 Å². The van der Waals surface area contributed by atoms with Crippen LogP contribution in [0.4, 0.5) is 4.39 Å². The monoisotopic (exact) mass is 356 g/mol. The molecular formula is C14H14BrFN2O3. The van der Waals surface area contributed by atoms with Crippen LogP contribution in [-0.4, -0.2) is 29.5 Å². The molecule has 5 nitrogen and oxygen atoms in total. The average Bonchev–Trinajstić information content (AvgIpc) is 2.84. The summed E-state index contributed by atoms with van der Waals surface area (Å²) < 4.78 is 26.5. The first-order chi connectivity index (χ1) is 10.1. The zero-order chi connectivity index (χ0) is 15.0. The molecule has 0 amide bonds. The molecule has 0 spiro atoms. The second-order valence-corrected chi connectivity index (χ2v) is 5.75. The number of carbonyl (C=O) groups is 1. The summed E-state index contributed by atoms with van der Waals surface area (Å²) in [7, 11) is 1.31. The lowest BCUT2D eigenvalue weighted by molar-refractivity contribution is -0.0375. The van der Waals surface area contributed by atoms with Crippen LogP contribution in [0.1, 0.15) is 35.8 Å². The number of carbonyl (C=O) groups excluding carboxylic acids is 1. The summed E-state index contributed by atoms with van der Waals surface area (Å²) in [6, 6.07) is 3.12. The highest BCUT2D eigenvalue weighted by molar-refractivity contribution is 9.10. The van der Waals surface area contributed by atoms with Crippen LogP contribution in [0.2, 0.25) is 0 Å². The van der Waals surface area contributed by atoms with Gasteiger partial charge in [-0.2, -0.15) is 4.39 Å². The molecule has 2 heterocycles. The first-order valence-electron chi connectivity index (χ1n) is 6.69. The van der Waals surface area contributed by atoms with Crippen molar-refractivity contribution in [1.29, 1.82) is 0 Å². The second kappa shape index (κ2) is 5.73. The third kappa shape index (κ3) is 2.55. The van der Waals surface area contributed by atoms with E-state index >= 15 is 0 Å². The van der Waals surface area contributed by atoms with Gasteiger partial charge >= 0.3 is 5.97 Å². The number of benzene rings is 1. The summed E-state index contributed by atoms with van der Waals surface area (Å²) in [6.07, 6.45) is 2.47. The number of hydrogen-bond acceptors (Lipinski definition) is 4. The number of esters is 1. The Hall–Kier alpha value is -1.47. The van der Waals surface area contributed by atoms with Gasteiger partial charge in [-0.15, -0.1) is 5.10 Å². The van der Waals surface area contributed by atoms with Crippen molar-refractivity contribution < 1.29 is 18.7 Å². The first kappa shape index (κ1) is 14.5. The fourth-order valence-electron chi connectivity index (χ4n) is 2.55. The van der Waals surface area contributed by atoms with Crippen molar-refractivity contribution in [2.24, 2.45) is 0 Å². The highest BCUT2D eigenvalue weighted by Crippen LogP contribution is 2.32. The summed E-state index contributed by atoms with van der Waals surface area (Å²) in [5.41, 5.74) is 0.864.